The molecule has 0 unspecified atom stereocenters. The van der Waals surface area contributed by atoms with Gasteiger partial charge in [-0.05, 0) is 55.8 Å². The number of fused-ring (bicyclic) bond motifs is 1. The number of nitrogens with zero attached hydrogens (tertiary/aromatic N) is 4. The number of rotatable bonds is 8. The maximum Gasteiger partial charge on any atom is 0.311 e. The standard InChI is InChI=1S/C29H25BrClN5O4/c1-35-10-8-22(9-11-35)40-28-14-25-23(13-26(28)36(37)38)29(19(15-32)16-33-25)34-21-6-7-27(24(31)12-21)39-17-18-2-4-20(30)5-3-18/h2-7,12-14,16,22H,8-11,17H2,1H3,(H,33,34). The second-order valence-corrected chi connectivity index (χ2v) is 10.9. The Morgan fingerprint density at radius 1 is 1.18 bits per heavy atom. The van der Waals surface area contributed by atoms with Crippen LogP contribution in [-0.2, 0) is 6.61 Å². The molecule has 204 valence electrons. The summed E-state index contributed by atoms with van der Waals surface area (Å²) in [4.78, 5) is 18.1. The molecule has 0 aliphatic carbocycles. The molecule has 40 heavy (non-hydrogen) atoms. The maximum atomic E-state index is 12.0. The van der Waals surface area contributed by atoms with Gasteiger partial charge in [0.05, 0.1) is 26.7 Å². The molecule has 11 heteroatoms. The normalized spacial score (nSPS) is 14.1. The number of likely N-dealkylation sites (tertiary alicyclic amines) is 1. The van der Waals surface area contributed by atoms with E-state index in [4.69, 9.17) is 21.1 Å². The molecule has 1 aromatic heterocycles. The molecule has 1 N–H and O–H groups in total. The van der Waals surface area contributed by atoms with Gasteiger partial charge in [-0.3, -0.25) is 15.1 Å². The third-order valence-corrected chi connectivity index (χ3v) is 7.56. The maximum absolute atomic E-state index is 12.0. The zero-order valence-electron chi connectivity index (χ0n) is 21.6. The van der Waals surface area contributed by atoms with Crippen LogP contribution in [0.25, 0.3) is 10.9 Å². The van der Waals surface area contributed by atoms with E-state index in [1.165, 1.54) is 12.3 Å². The Morgan fingerprint density at radius 2 is 1.93 bits per heavy atom. The Morgan fingerprint density at radius 3 is 2.60 bits per heavy atom. The molecule has 4 aromatic rings. The van der Waals surface area contributed by atoms with Crippen LogP contribution < -0.4 is 14.8 Å². The zero-order chi connectivity index (χ0) is 28.2. The van der Waals surface area contributed by atoms with Gasteiger partial charge in [-0.15, -0.1) is 0 Å². The van der Waals surface area contributed by atoms with Crippen molar-refractivity contribution in [1.29, 1.82) is 5.26 Å². The van der Waals surface area contributed by atoms with E-state index < -0.39 is 4.92 Å². The number of anilines is 2. The minimum absolute atomic E-state index is 0.116. The molecule has 0 radical (unpaired) electrons. The van der Waals surface area contributed by atoms with E-state index >= 15 is 0 Å². The van der Waals surface area contributed by atoms with E-state index in [0.29, 0.717) is 39.7 Å². The molecule has 0 saturated carbocycles. The van der Waals surface area contributed by atoms with Gasteiger partial charge in [-0.25, -0.2) is 0 Å². The van der Waals surface area contributed by atoms with Crippen LogP contribution in [0.15, 0.2) is 65.3 Å². The molecule has 0 atom stereocenters. The predicted molar refractivity (Wildman–Crippen MR) is 157 cm³/mol. The lowest BCUT2D eigenvalue weighted by Gasteiger charge is -2.29. The van der Waals surface area contributed by atoms with Crippen LogP contribution in [0.5, 0.6) is 11.5 Å². The monoisotopic (exact) mass is 621 g/mol. The number of benzene rings is 3. The average molecular weight is 623 g/mol. The second-order valence-electron chi connectivity index (χ2n) is 9.56. The van der Waals surface area contributed by atoms with E-state index in [1.54, 1.807) is 24.3 Å². The fraction of sp³-hybridized carbons (Fsp3) is 0.241. The van der Waals surface area contributed by atoms with Crippen molar-refractivity contribution in [3.05, 3.63) is 91.5 Å². The summed E-state index contributed by atoms with van der Waals surface area (Å²) in [5.41, 5.74) is 2.48. The van der Waals surface area contributed by atoms with Gasteiger partial charge in [0.2, 0.25) is 0 Å². The third kappa shape index (κ3) is 6.28. The Hall–Kier alpha value is -3.91. The van der Waals surface area contributed by atoms with Gasteiger partial charge in [0.15, 0.2) is 5.75 Å². The lowest BCUT2D eigenvalue weighted by atomic mass is 10.1. The molecule has 0 spiro atoms. The number of pyridine rings is 1. The number of piperidine rings is 1. The van der Waals surface area contributed by atoms with Crippen LogP contribution in [-0.4, -0.2) is 41.0 Å². The molecular weight excluding hydrogens is 598 g/mol. The first kappa shape index (κ1) is 27.6. The van der Waals surface area contributed by atoms with Crippen molar-refractivity contribution in [1.82, 2.24) is 9.88 Å². The summed E-state index contributed by atoms with van der Waals surface area (Å²) in [6.45, 7) is 2.07. The average Bonchev–Trinajstić information content (AvgIpc) is 2.94. The Labute approximate surface area is 244 Å². The highest BCUT2D eigenvalue weighted by Crippen LogP contribution is 2.39. The number of hydrogen-bond acceptors (Lipinski definition) is 8. The van der Waals surface area contributed by atoms with Crippen molar-refractivity contribution in [3.63, 3.8) is 0 Å². The fourth-order valence-corrected chi connectivity index (χ4v) is 5.03. The number of halogens is 2. The SMILES string of the molecule is CN1CCC(Oc2cc3ncc(C#N)c(Nc4ccc(OCc5ccc(Br)cc5)c(Cl)c4)c3cc2[N+](=O)[O-])CC1. The summed E-state index contributed by atoms with van der Waals surface area (Å²) < 4.78 is 12.9. The van der Waals surface area contributed by atoms with Crippen molar-refractivity contribution in [2.24, 2.45) is 0 Å². The molecule has 1 aliphatic rings. The first-order valence-electron chi connectivity index (χ1n) is 12.6. The second kappa shape index (κ2) is 12.1. The first-order valence-corrected chi connectivity index (χ1v) is 13.8. The molecular formula is C29H25BrClN5O4. The fourth-order valence-electron chi connectivity index (χ4n) is 4.53. The Bertz CT molecular complexity index is 1600. The molecule has 1 saturated heterocycles. The van der Waals surface area contributed by atoms with E-state index in [0.717, 1.165) is 36.0 Å². The molecule has 1 aliphatic heterocycles. The van der Waals surface area contributed by atoms with Gasteiger partial charge in [0.1, 0.15) is 24.5 Å². The van der Waals surface area contributed by atoms with Gasteiger partial charge in [-0.1, -0.05) is 39.7 Å². The molecule has 2 heterocycles. The van der Waals surface area contributed by atoms with Crippen LogP contribution in [0.2, 0.25) is 5.02 Å². The summed E-state index contributed by atoms with van der Waals surface area (Å²) in [6.07, 6.45) is 2.88. The van der Waals surface area contributed by atoms with Crippen LogP contribution in [0, 0.1) is 21.4 Å². The van der Waals surface area contributed by atoms with Crippen LogP contribution in [0.4, 0.5) is 17.1 Å². The highest BCUT2D eigenvalue weighted by atomic mass is 79.9. The van der Waals surface area contributed by atoms with E-state index in [9.17, 15) is 15.4 Å². The zero-order valence-corrected chi connectivity index (χ0v) is 23.9. The van der Waals surface area contributed by atoms with Crippen molar-refractivity contribution >= 4 is 55.5 Å². The highest BCUT2D eigenvalue weighted by Gasteiger charge is 2.25. The number of nitrogens with one attached hydrogen (secondary N) is 1. The van der Waals surface area contributed by atoms with Gasteiger partial charge < -0.3 is 19.7 Å². The summed E-state index contributed by atoms with van der Waals surface area (Å²) >= 11 is 9.93. The van der Waals surface area contributed by atoms with Crippen molar-refractivity contribution in [2.45, 2.75) is 25.6 Å². The topological polar surface area (TPSA) is 114 Å². The summed E-state index contributed by atoms with van der Waals surface area (Å²) in [7, 11) is 2.04. The number of nitro groups is 1. The number of hydrogen-bond donors (Lipinski definition) is 1. The van der Waals surface area contributed by atoms with E-state index in [1.807, 2.05) is 31.3 Å². The smallest absolute Gasteiger partial charge is 0.311 e. The van der Waals surface area contributed by atoms with Gasteiger partial charge >= 0.3 is 5.69 Å². The van der Waals surface area contributed by atoms with Crippen LogP contribution in [0.3, 0.4) is 0 Å². The van der Waals surface area contributed by atoms with Crippen LogP contribution in [0.1, 0.15) is 24.0 Å². The lowest BCUT2D eigenvalue weighted by molar-refractivity contribution is -0.386. The first-order chi connectivity index (χ1) is 19.3. The molecule has 9 nitrogen and oxygen atoms in total. The van der Waals surface area contributed by atoms with Crippen LogP contribution >= 0.6 is 27.5 Å². The lowest BCUT2D eigenvalue weighted by Crippen LogP contribution is -2.35. The largest absolute Gasteiger partial charge is 0.487 e. The predicted octanol–water partition coefficient (Wildman–Crippen LogP) is 7.23. The van der Waals surface area contributed by atoms with Gasteiger partial charge in [0, 0.05) is 47.0 Å². The Balaban J connectivity index is 1.42. The number of aromatic nitrogens is 1. The highest BCUT2D eigenvalue weighted by molar-refractivity contribution is 9.10. The van der Waals surface area contributed by atoms with Crippen molar-refractivity contribution < 1.29 is 14.4 Å². The summed E-state index contributed by atoms with van der Waals surface area (Å²) in [5.74, 6) is 0.673. The van der Waals surface area contributed by atoms with Crippen molar-refractivity contribution in [3.8, 4) is 17.6 Å². The van der Waals surface area contributed by atoms with Gasteiger partial charge in [0.25, 0.3) is 0 Å². The van der Waals surface area contributed by atoms with Gasteiger partial charge in [-0.2, -0.15) is 5.26 Å². The molecule has 1 fully saturated rings. The number of nitriles is 1. The van der Waals surface area contributed by atoms with E-state index in [-0.39, 0.29) is 23.1 Å². The van der Waals surface area contributed by atoms with Crippen molar-refractivity contribution in [2.75, 3.05) is 25.5 Å². The minimum Gasteiger partial charge on any atom is -0.487 e. The Kier molecular flexibility index (Phi) is 8.35. The molecule has 0 amide bonds. The summed E-state index contributed by atoms with van der Waals surface area (Å²) in [6, 6.07) is 18.1. The number of ether oxygens (including phenoxy) is 2. The minimum atomic E-state index is -0.471. The molecule has 3 aromatic carbocycles. The molecule has 0 bridgehead atoms. The number of nitro benzene ring substituents is 1. The molecule has 5 rings (SSSR count). The third-order valence-electron chi connectivity index (χ3n) is 6.73. The quantitative estimate of drug-likeness (QED) is 0.162. The summed E-state index contributed by atoms with van der Waals surface area (Å²) in [5, 5.41) is 25.8. The van der Waals surface area contributed by atoms with E-state index in [2.05, 4.69) is 37.2 Å².